The molecule has 24 heavy (non-hydrogen) atoms. The van der Waals surface area contributed by atoms with Crippen molar-refractivity contribution in [1.29, 1.82) is 5.26 Å². The van der Waals surface area contributed by atoms with Crippen LogP contribution in [0.1, 0.15) is 5.56 Å². The van der Waals surface area contributed by atoms with Gasteiger partial charge in [-0.3, -0.25) is 10.1 Å². The molecule has 2 aromatic rings. The molecule has 5 nitrogen and oxygen atoms in total. The first-order chi connectivity index (χ1) is 11.5. The zero-order valence-electron chi connectivity index (χ0n) is 12.1. The summed E-state index contributed by atoms with van der Waals surface area (Å²) in [7, 11) is 0. The van der Waals surface area contributed by atoms with E-state index in [1.54, 1.807) is 42.5 Å². The predicted octanol–water partition coefficient (Wildman–Crippen LogP) is 4.22. The monoisotopic (exact) mass is 360 g/mol. The Morgan fingerprint density at radius 3 is 2.42 bits per heavy atom. The molecule has 0 aliphatic rings. The van der Waals surface area contributed by atoms with Gasteiger partial charge in [-0.15, -0.1) is 0 Å². The number of benzene rings is 2. The van der Waals surface area contributed by atoms with Crippen molar-refractivity contribution >= 4 is 41.3 Å². The number of halogens is 2. The summed E-state index contributed by atoms with van der Waals surface area (Å²) in [6.45, 7) is 0. The highest BCUT2D eigenvalue weighted by Gasteiger charge is 2.14. The van der Waals surface area contributed by atoms with Crippen LogP contribution in [-0.2, 0) is 4.79 Å². The SMILES string of the molecule is N#C/C(=C/c1ccc(Cl)c(Cl)c1)C(=O)NC(=O)Oc1ccccc1. The fraction of sp³-hybridized carbons (Fsp3) is 0. The largest absolute Gasteiger partial charge is 0.419 e. The lowest BCUT2D eigenvalue weighted by Gasteiger charge is -2.05. The second-order valence-electron chi connectivity index (χ2n) is 4.50. The highest BCUT2D eigenvalue weighted by Crippen LogP contribution is 2.23. The van der Waals surface area contributed by atoms with Gasteiger partial charge in [0.2, 0.25) is 0 Å². The van der Waals surface area contributed by atoms with Crippen molar-refractivity contribution in [2.24, 2.45) is 0 Å². The van der Waals surface area contributed by atoms with E-state index in [0.717, 1.165) is 0 Å². The van der Waals surface area contributed by atoms with E-state index >= 15 is 0 Å². The van der Waals surface area contributed by atoms with Crippen molar-refractivity contribution in [3.63, 3.8) is 0 Å². The van der Waals surface area contributed by atoms with Gasteiger partial charge in [0, 0.05) is 0 Å². The molecule has 2 aromatic carbocycles. The predicted molar refractivity (Wildman–Crippen MR) is 90.7 cm³/mol. The van der Waals surface area contributed by atoms with Gasteiger partial charge in [0.25, 0.3) is 5.91 Å². The molecule has 0 atom stereocenters. The molecule has 0 aliphatic carbocycles. The number of para-hydroxylation sites is 1. The lowest BCUT2D eigenvalue weighted by atomic mass is 10.1. The molecule has 0 radical (unpaired) electrons. The van der Waals surface area contributed by atoms with Gasteiger partial charge >= 0.3 is 6.09 Å². The topological polar surface area (TPSA) is 79.2 Å². The van der Waals surface area contributed by atoms with Crippen LogP contribution in [0, 0.1) is 11.3 Å². The van der Waals surface area contributed by atoms with E-state index in [-0.39, 0.29) is 16.3 Å². The molecule has 0 aliphatic heterocycles. The minimum atomic E-state index is -0.985. The Balaban J connectivity index is 2.08. The minimum absolute atomic E-state index is 0.273. The van der Waals surface area contributed by atoms with Gasteiger partial charge in [0.1, 0.15) is 17.4 Å². The summed E-state index contributed by atoms with van der Waals surface area (Å²) in [5.74, 6) is -0.612. The van der Waals surface area contributed by atoms with Gasteiger partial charge in [-0.2, -0.15) is 5.26 Å². The average Bonchev–Trinajstić information content (AvgIpc) is 2.56. The second-order valence-corrected chi connectivity index (χ2v) is 5.31. The number of hydrogen-bond acceptors (Lipinski definition) is 4. The van der Waals surface area contributed by atoms with Crippen LogP contribution in [0.5, 0.6) is 5.75 Å². The normalized spacial score (nSPS) is 10.6. The standard InChI is InChI=1S/C17H10Cl2N2O3/c18-14-7-6-11(9-15(14)19)8-12(10-20)16(22)21-17(23)24-13-4-2-1-3-5-13/h1-9H,(H,21,22,23)/b12-8-. The number of hydrogen-bond donors (Lipinski definition) is 1. The van der Waals surface area contributed by atoms with E-state index in [2.05, 4.69) is 0 Å². The maximum Gasteiger partial charge on any atom is 0.419 e. The quantitative estimate of drug-likeness (QED) is 0.656. The molecule has 7 heteroatoms. The van der Waals surface area contributed by atoms with Crippen LogP contribution in [-0.4, -0.2) is 12.0 Å². The molecule has 0 bridgehead atoms. The number of ether oxygens (including phenoxy) is 1. The van der Waals surface area contributed by atoms with Gasteiger partial charge in [-0.25, -0.2) is 4.79 Å². The number of rotatable bonds is 3. The number of nitrogens with one attached hydrogen (secondary N) is 1. The molecule has 0 saturated carbocycles. The van der Waals surface area contributed by atoms with Gasteiger partial charge in [0.15, 0.2) is 0 Å². The first-order valence-corrected chi connectivity index (χ1v) is 7.40. The Bertz CT molecular complexity index is 843. The van der Waals surface area contributed by atoms with Crippen LogP contribution in [0.25, 0.3) is 6.08 Å². The summed E-state index contributed by atoms with van der Waals surface area (Å²) in [6.07, 6.45) is 0.300. The second kappa shape index (κ2) is 8.16. The van der Waals surface area contributed by atoms with E-state index in [1.165, 1.54) is 18.2 Å². The van der Waals surface area contributed by atoms with Crippen molar-refractivity contribution < 1.29 is 14.3 Å². The number of nitrogens with zero attached hydrogens (tertiary/aromatic N) is 1. The molecule has 0 fully saturated rings. The molecule has 2 amide bonds. The van der Waals surface area contributed by atoms with Crippen LogP contribution >= 0.6 is 23.2 Å². The Hall–Kier alpha value is -2.81. The summed E-state index contributed by atoms with van der Waals surface area (Å²) in [4.78, 5) is 23.6. The van der Waals surface area contributed by atoms with E-state index < -0.39 is 12.0 Å². The maximum atomic E-state index is 12.0. The Kier molecular flexibility index (Phi) is 5.96. The summed E-state index contributed by atoms with van der Waals surface area (Å²) in [6, 6.07) is 14.6. The summed E-state index contributed by atoms with van der Waals surface area (Å²) < 4.78 is 4.92. The molecule has 120 valence electrons. The maximum absolute atomic E-state index is 12.0. The number of carbonyl (C=O) groups excluding carboxylic acids is 2. The van der Waals surface area contributed by atoms with Crippen molar-refractivity contribution in [1.82, 2.24) is 5.32 Å². The van der Waals surface area contributed by atoms with Crippen LogP contribution in [0.3, 0.4) is 0 Å². The number of nitriles is 1. The number of carbonyl (C=O) groups is 2. The lowest BCUT2D eigenvalue weighted by molar-refractivity contribution is -0.116. The summed E-state index contributed by atoms with van der Waals surface area (Å²) in [5.41, 5.74) is 0.214. The Labute approximate surface area is 148 Å². The number of amides is 2. The molecular formula is C17H10Cl2N2O3. The van der Waals surface area contributed by atoms with Gasteiger partial charge in [-0.05, 0) is 35.9 Å². The van der Waals surface area contributed by atoms with E-state index in [9.17, 15) is 9.59 Å². The molecule has 0 unspecified atom stereocenters. The minimum Gasteiger partial charge on any atom is -0.410 e. The van der Waals surface area contributed by atoms with Crippen LogP contribution in [0.2, 0.25) is 10.0 Å². The molecule has 1 N–H and O–H groups in total. The van der Waals surface area contributed by atoms with Crippen molar-refractivity contribution in [2.45, 2.75) is 0 Å². The lowest BCUT2D eigenvalue weighted by Crippen LogP contribution is -2.33. The molecule has 0 heterocycles. The molecular weight excluding hydrogens is 351 g/mol. The average molecular weight is 361 g/mol. The highest BCUT2D eigenvalue weighted by atomic mass is 35.5. The first kappa shape index (κ1) is 17.5. The van der Waals surface area contributed by atoms with E-state index in [0.29, 0.717) is 10.6 Å². The molecule has 0 spiro atoms. The number of imide groups is 1. The van der Waals surface area contributed by atoms with Crippen LogP contribution in [0.4, 0.5) is 4.79 Å². The fourth-order valence-electron chi connectivity index (χ4n) is 1.70. The Morgan fingerprint density at radius 1 is 1.08 bits per heavy atom. The molecule has 0 aromatic heterocycles. The van der Waals surface area contributed by atoms with Gasteiger partial charge in [0.05, 0.1) is 10.0 Å². The zero-order valence-corrected chi connectivity index (χ0v) is 13.6. The molecule has 0 saturated heterocycles. The summed E-state index contributed by atoms with van der Waals surface area (Å²) in [5, 5.41) is 11.7. The third kappa shape index (κ3) is 4.85. The first-order valence-electron chi connectivity index (χ1n) is 6.64. The summed E-state index contributed by atoms with van der Waals surface area (Å²) >= 11 is 11.7. The van der Waals surface area contributed by atoms with E-state index in [1.807, 2.05) is 5.32 Å². The van der Waals surface area contributed by atoms with Crippen LogP contribution in [0.15, 0.2) is 54.1 Å². The smallest absolute Gasteiger partial charge is 0.410 e. The Morgan fingerprint density at radius 2 is 1.79 bits per heavy atom. The third-order valence-electron chi connectivity index (χ3n) is 2.79. The van der Waals surface area contributed by atoms with Crippen molar-refractivity contribution in [3.05, 3.63) is 69.7 Å². The fourth-order valence-corrected chi connectivity index (χ4v) is 2.01. The molecule has 2 rings (SSSR count). The third-order valence-corrected chi connectivity index (χ3v) is 3.53. The van der Waals surface area contributed by atoms with Crippen LogP contribution < -0.4 is 10.1 Å². The highest BCUT2D eigenvalue weighted by molar-refractivity contribution is 6.42. The zero-order chi connectivity index (χ0) is 17.5. The van der Waals surface area contributed by atoms with Crippen molar-refractivity contribution in [3.8, 4) is 11.8 Å². The van der Waals surface area contributed by atoms with Crippen molar-refractivity contribution in [2.75, 3.05) is 0 Å². The van der Waals surface area contributed by atoms with Gasteiger partial charge < -0.3 is 4.74 Å². The van der Waals surface area contributed by atoms with Gasteiger partial charge in [-0.1, -0.05) is 47.5 Å². The van der Waals surface area contributed by atoms with E-state index in [4.69, 9.17) is 33.2 Å².